The average Bonchev–Trinajstić information content (AvgIpc) is 2.82. The summed E-state index contributed by atoms with van der Waals surface area (Å²) >= 11 is 2.20. The Hall–Kier alpha value is -1.39. The van der Waals surface area contributed by atoms with Crippen LogP contribution < -0.4 is 5.32 Å². The third-order valence-corrected chi connectivity index (χ3v) is 3.25. The van der Waals surface area contributed by atoms with Gasteiger partial charge in [0.2, 0.25) is 0 Å². The highest BCUT2D eigenvalue weighted by Crippen LogP contribution is 2.17. The molecule has 2 aromatic rings. The zero-order valence-corrected chi connectivity index (χ0v) is 13.0. The summed E-state index contributed by atoms with van der Waals surface area (Å²) in [6.45, 7) is 4.97. The first-order valence-corrected chi connectivity index (χ1v) is 7.15. The third-order valence-electron chi connectivity index (χ3n) is 2.69. The Labute approximate surface area is 126 Å². The van der Waals surface area contributed by atoms with Crippen molar-refractivity contribution in [3.63, 3.8) is 0 Å². The molecule has 0 amide bonds. The van der Waals surface area contributed by atoms with Crippen molar-refractivity contribution in [3.05, 3.63) is 45.3 Å². The summed E-state index contributed by atoms with van der Waals surface area (Å²) in [5, 5.41) is 16.9. The molecule has 2 rings (SSSR count). The van der Waals surface area contributed by atoms with Gasteiger partial charge in [-0.2, -0.15) is 10.4 Å². The quantitative estimate of drug-likeness (QED) is 0.847. The van der Waals surface area contributed by atoms with Crippen molar-refractivity contribution in [2.45, 2.75) is 26.4 Å². The van der Waals surface area contributed by atoms with Crippen molar-refractivity contribution in [1.29, 1.82) is 5.26 Å². The fourth-order valence-corrected chi connectivity index (χ4v) is 2.13. The molecule has 0 fully saturated rings. The number of benzene rings is 1. The van der Waals surface area contributed by atoms with Gasteiger partial charge in [0.25, 0.3) is 0 Å². The first-order valence-electron chi connectivity index (χ1n) is 6.07. The summed E-state index contributed by atoms with van der Waals surface area (Å²) in [4.78, 5) is 0. The monoisotopic (exact) mass is 366 g/mol. The van der Waals surface area contributed by atoms with Crippen LogP contribution in [0.4, 0.5) is 0 Å². The molecular formula is C14H15IN4. The molecule has 1 aromatic carbocycles. The van der Waals surface area contributed by atoms with Gasteiger partial charge in [0, 0.05) is 18.8 Å². The Kier molecular flexibility index (Phi) is 4.56. The summed E-state index contributed by atoms with van der Waals surface area (Å²) in [7, 11) is 0. The van der Waals surface area contributed by atoms with Crippen LogP contribution in [0, 0.1) is 14.9 Å². The van der Waals surface area contributed by atoms with E-state index in [1.54, 1.807) is 10.9 Å². The van der Waals surface area contributed by atoms with Gasteiger partial charge in [-0.25, -0.2) is 4.68 Å². The fraction of sp³-hybridized carbons (Fsp3) is 0.286. The summed E-state index contributed by atoms with van der Waals surface area (Å²) in [6.07, 6.45) is 3.68. The number of nitrogens with one attached hydrogen (secondary N) is 1. The molecule has 0 aliphatic rings. The minimum Gasteiger partial charge on any atom is -0.310 e. The highest BCUT2D eigenvalue weighted by Gasteiger charge is 2.07. The second-order valence-corrected chi connectivity index (χ2v) is 5.85. The van der Waals surface area contributed by atoms with Gasteiger partial charge in [0.15, 0.2) is 0 Å². The van der Waals surface area contributed by atoms with Crippen LogP contribution in [0.3, 0.4) is 0 Å². The Morgan fingerprint density at radius 2 is 2.26 bits per heavy atom. The molecule has 0 aliphatic carbocycles. The highest BCUT2D eigenvalue weighted by atomic mass is 127. The lowest BCUT2D eigenvalue weighted by Gasteiger charge is -2.10. The minimum atomic E-state index is 0.429. The number of rotatable bonds is 4. The highest BCUT2D eigenvalue weighted by molar-refractivity contribution is 14.1. The largest absolute Gasteiger partial charge is 0.310 e. The van der Waals surface area contributed by atoms with Crippen molar-refractivity contribution in [2.75, 3.05) is 0 Å². The van der Waals surface area contributed by atoms with Gasteiger partial charge in [-0.05, 0) is 40.3 Å². The molecule has 0 aliphatic heterocycles. The van der Waals surface area contributed by atoms with Crippen LogP contribution in [0.1, 0.15) is 25.0 Å². The number of nitriles is 1. The number of halogens is 1. The smallest absolute Gasteiger partial charge is 0.101 e. The molecule has 1 aromatic heterocycles. The molecular weight excluding hydrogens is 351 g/mol. The van der Waals surface area contributed by atoms with E-state index in [2.05, 4.69) is 52.9 Å². The number of hydrogen-bond acceptors (Lipinski definition) is 3. The summed E-state index contributed by atoms with van der Waals surface area (Å²) in [5.41, 5.74) is 2.57. The van der Waals surface area contributed by atoms with Gasteiger partial charge in [-0.3, -0.25) is 0 Å². The maximum atomic E-state index is 9.28. The van der Waals surface area contributed by atoms with Crippen molar-refractivity contribution < 1.29 is 0 Å². The lowest BCUT2D eigenvalue weighted by atomic mass is 10.1. The van der Waals surface area contributed by atoms with E-state index in [4.69, 9.17) is 0 Å². The zero-order valence-electron chi connectivity index (χ0n) is 10.9. The van der Waals surface area contributed by atoms with Gasteiger partial charge in [0.1, 0.15) is 6.07 Å². The van der Waals surface area contributed by atoms with Crippen LogP contribution in [0.2, 0.25) is 0 Å². The van der Waals surface area contributed by atoms with Gasteiger partial charge in [0.05, 0.1) is 21.0 Å². The first-order chi connectivity index (χ1) is 9.10. The van der Waals surface area contributed by atoms with E-state index in [0.29, 0.717) is 11.6 Å². The Morgan fingerprint density at radius 1 is 1.47 bits per heavy atom. The summed E-state index contributed by atoms with van der Waals surface area (Å²) in [5.74, 6) is 0. The Morgan fingerprint density at radius 3 is 2.84 bits per heavy atom. The van der Waals surface area contributed by atoms with E-state index in [9.17, 15) is 5.26 Å². The normalized spacial score (nSPS) is 10.7. The first kappa shape index (κ1) is 14.0. The van der Waals surface area contributed by atoms with Crippen molar-refractivity contribution >= 4 is 22.6 Å². The van der Waals surface area contributed by atoms with Crippen LogP contribution in [-0.4, -0.2) is 15.8 Å². The van der Waals surface area contributed by atoms with E-state index in [1.807, 2.05) is 24.4 Å². The number of nitrogens with zero attached hydrogens (tertiary/aromatic N) is 3. The molecule has 1 heterocycles. The second kappa shape index (κ2) is 6.17. The molecule has 4 nitrogen and oxygen atoms in total. The lowest BCUT2D eigenvalue weighted by molar-refractivity contribution is 0.588. The Bertz CT molecular complexity index is 610. The average molecular weight is 366 g/mol. The van der Waals surface area contributed by atoms with Crippen molar-refractivity contribution in [1.82, 2.24) is 15.1 Å². The van der Waals surface area contributed by atoms with Crippen LogP contribution in [-0.2, 0) is 6.54 Å². The van der Waals surface area contributed by atoms with Gasteiger partial charge in [-0.1, -0.05) is 19.9 Å². The van der Waals surface area contributed by atoms with Crippen LogP contribution in [0.25, 0.3) is 5.69 Å². The van der Waals surface area contributed by atoms with E-state index in [0.717, 1.165) is 21.4 Å². The molecule has 98 valence electrons. The maximum absolute atomic E-state index is 9.28. The molecule has 0 unspecified atom stereocenters. The Balaban J connectivity index is 2.29. The van der Waals surface area contributed by atoms with E-state index >= 15 is 0 Å². The molecule has 0 atom stereocenters. The zero-order chi connectivity index (χ0) is 13.8. The molecule has 0 spiro atoms. The van der Waals surface area contributed by atoms with Crippen LogP contribution >= 0.6 is 22.6 Å². The van der Waals surface area contributed by atoms with Crippen molar-refractivity contribution in [3.8, 4) is 11.8 Å². The molecule has 0 saturated heterocycles. The molecule has 5 heteroatoms. The number of aromatic nitrogens is 2. The van der Waals surface area contributed by atoms with Gasteiger partial charge >= 0.3 is 0 Å². The van der Waals surface area contributed by atoms with E-state index in [-0.39, 0.29) is 0 Å². The van der Waals surface area contributed by atoms with Crippen molar-refractivity contribution in [2.24, 2.45) is 0 Å². The molecule has 0 bridgehead atoms. The number of hydrogen-bond donors (Lipinski definition) is 1. The van der Waals surface area contributed by atoms with Gasteiger partial charge < -0.3 is 5.32 Å². The van der Waals surface area contributed by atoms with E-state index < -0.39 is 0 Å². The predicted octanol–water partition coefficient (Wildman–Crippen LogP) is 2.85. The van der Waals surface area contributed by atoms with Crippen LogP contribution in [0.15, 0.2) is 30.6 Å². The third kappa shape index (κ3) is 3.55. The summed E-state index contributed by atoms with van der Waals surface area (Å²) in [6, 6.07) is 8.56. The molecule has 0 saturated carbocycles. The standard InChI is InChI=1S/C14H15IN4/c1-10(2)17-7-11-3-4-14(12(5-11)6-16)19-9-13(15)8-18-19/h3-5,8-10,17H,7H2,1-2H3. The second-order valence-electron chi connectivity index (χ2n) is 4.60. The SMILES string of the molecule is CC(C)NCc1ccc(-n2cc(I)cn2)c(C#N)c1. The van der Waals surface area contributed by atoms with Gasteiger partial charge in [-0.15, -0.1) is 0 Å². The maximum Gasteiger partial charge on any atom is 0.101 e. The summed E-state index contributed by atoms with van der Waals surface area (Å²) < 4.78 is 2.78. The van der Waals surface area contributed by atoms with E-state index in [1.165, 1.54) is 0 Å². The molecule has 19 heavy (non-hydrogen) atoms. The predicted molar refractivity (Wildman–Crippen MR) is 83.0 cm³/mol. The molecule has 0 radical (unpaired) electrons. The topological polar surface area (TPSA) is 53.6 Å². The minimum absolute atomic E-state index is 0.429. The van der Waals surface area contributed by atoms with Crippen LogP contribution in [0.5, 0.6) is 0 Å². The fourth-order valence-electron chi connectivity index (χ4n) is 1.74. The molecule has 1 N–H and O–H groups in total. The lowest BCUT2D eigenvalue weighted by Crippen LogP contribution is -2.21.